The maximum absolute atomic E-state index is 13.3. The van der Waals surface area contributed by atoms with Gasteiger partial charge in [-0.2, -0.15) is 0 Å². The highest BCUT2D eigenvalue weighted by Gasteiger charge is 2.35. The van der Waals surface area contributed by atoms with Gasteiger partial charge >= 0.3 is 5.97 Å². The molecule has 3 aromatic carbocycles. The molecule has 0 spiro atoms. The van der Waals surface area contributed by atoms with Crippen molar-refractivity contribution < 1.29 is 27.9 Å². The summed E-state index contributed by atoms with van der Waals surface area (Å²) in [6, 6.07) is 22.9. The van der Waals surface area contributed by atoms with Gasteiger partial charge in [0.2, 0.25) is 21.8 Å². The fourth-order valence-electron chi connectivity index (χ4n) is 4.57. The average Bonchev–Trinajstić information content (AvgIpc) is 2.95. The fourth-order valence-corrected chi connectivity index (χ4v) is 5.30. The van der Waals surface area contributed by atoms with Gasteiger partial charge in [-0.15, -0.1) is 0 Å². The first-order valence-corrected chi connectivity index (χ1v) is 15.3. The number of carboxylic acids is 1. The summed E-state index contributed by atoms with van der Waals surface area (Å²) in [4.78, 5) is 38.2. The van der Waals surface area contributed by atoms with Crippen LogP contribution in [0, 0.1) is 11.3 Å². The highest BCUT2D eigenvalue weighted by atomic mass is 32.2. The first-order valence-electron chi connectivity index (χ1n) is 13.8. The van der Waals surface area contributed by atoms with Crippen LogP contribution >= 0.6 is 0 Å². The molecule has 3 rings (SSSR count). The summed E-state index contributed by atoms with van der Waals surface area (Å²) in [6.45, 7) is 5.39. The van der Waals surface area contributed by atoms with Crippen molar-refractivity contribution in [3.8, 4) is 11.1 Å². The Balaban J connectivity index is 1.64. The van der Waals surface area contributed by atoms with Gasteiger partial charge in [-0.05, 0) is 72.7 Å². The van der Waals surface area contributed by atoms with Crippen molar-refractivity contribution in [1.29, 1.82) is 0 Å². The average molecular weight is 594 g/mol. The third-order valence-electron chi connectivity index (χ3n) is 6.99. The Kier molecular flexibility index (Phi) is 11.0. The van der Waals surface area contributed by atoms with E-state index >= 15 is 0 Å². The molecule has 2 unspecified atom stereocenters. The van der Waals surface area contributed by atoms with E-state index in [0.717, 1.165) is 16.7 Å². The van der Waals surface area contributed by atoms with E-state index in [0.29, 0.717) is 24.9 Å². The number of benzene rings is 3. The summed E-state index contributed by atoms with van der Waals surface area (Å²) in [7, 11) is -2.32. The highest BCUT2D eigenvalue weighted by Crippen LogP contribution is 2.24. The van der Waals surface area contributed by atoms with Gasteiger partial charge in [0.25, 0.3) is 0 Å². The van der Waals surface area contributed by atoms with Crippen molar-refractivity contribution in [2.45, 2.75) is 57.4 Å². The van der Waals surface area contributed by atoms with Crippen molar-refractivity contribution in [2.24, 2.45) is 11.3 Å². The maximum atomic E-state index is 13.3. The molecule has 0 fully saturated rings. The van der Waals surface area contributed by atoms with Crippen LogP contribution in [0.4, 0.5) is 5.69 Å². The molecule has 4 N–H and O–H groups in total. The van der Waals surface area contributed by atoms with Crippen molar-refractivity contribution in [1.82, 2.24) is 10.0 Å². The molecule has 0 saturated carbocycles. The summed E-state index contributed by atoms with van der Waals surface area (Å²) in [5, 5.41) is 15.0. The number of carboxylic acid groups (broad SMARTS) is 1. The monoisotopic (exact) mass is 593 g/mol. The van der Waals surface area contributed by atoms with Crippen molar-refractivity contribution in [2.75, 3.05) is 12.4 Å². The van der Waals surface area contributed by atoms with Gasteiger partial charge in [-0.25, -0.2) is 13.1 Å². The number of nitrogens with one attached hydrogen (secondary N) is 3. The van der Waals surface area contributed by atoms with Crippen LogP contribution in [0.25, 0.3) is 11.1 Å². The van der Waals surface area contributed by atoms with Gasteiger partial charge in [0, 0.05) is 11.6 Å². The SMILES string of the molecule is CNS(=O)(=O)c1ccc(NC(=O)C(NC(=O)C(CCCc2ccc(-c3ccccc3)cc2)CC(=O)O)C(C)(C)C)cc1. The molecule has 0 radical (unpaired) electrons. The third-order valence-corrected chi connectivity index (χ3v) is 8.42. The second-order valence-corrected chi connectivity index (χ2v) is 13.2. The lowest BCUT2D eigenvalue weighted by molar-refractivity contribution is -0.141. The first kappa shape index (κ1) is 32.5. The van der Waals surface area contributed by atoms with Crippen molar-refractivity contribution in [3.05, 3.63) is 84.4 Å². The number of aryl methyl sites for hydroxylation is 1. The quantitative estimate of drug-likeness (QED) is 0.223. The molecule has 224 valence electrons. The lowest BCUT2D eigenvalue weighted by Gasteiger charge is -2.31. The van der Waals surface area contributed by atoms with Crippen LogP contribution in [0.3, 0.4) is 0 Å². The molecule has 0 aliphatic carbocycles. The number of carbonyl (C=O) groups is 3. The molecule has 2 amide bonds. The zero-order valence-corrected chi connectivity index (χ0v) is 25.2. The molecule has 9 nitrogen and oxygen atoms in total. The Labute approximate surface area is 247 Å². The standard InChI is InChI=1S/C32H39N3O6S/c1-32(2,3)29(31(39)34-26-17-19-27(20-18-26)42(40,41)33-4)35-30(38)25(21-28(36)37)12-8-9-22-13-15-24(16-14-22)23-10-6-5-7-11-23/h5-7,10-11,13-20,25,29,33H,8-9,12,21H2,1-4H3,(H,34,39)(H,35,38)(H,36,37). The van der Waals surface area contributed by atoms with Crippen LogP contribution in [-0.2, 0) is 30.8 Å². The number of anilines is 1. The molecular weight excluding hydrogens is 554 g/mol. The molecule has 0 aliphatic heterocycles. The maximum Gasteiger partial charge on any atom is 0.304 e. The molecule has 0 bridgehead atoms. The van der Waals surface area contributed by atoms with Gasteiger partial charge in [0.05, 0.1) is 11.3 Å². The highest BCUT2D eigenvalue weighted by molar-refractivity contribution is 7.89. The molecule has 0 aromatic heterocycles. The van der Waals surface area contributed by atoms with Gasteiger partial charge in [0.1, 0.15) is 6.04 Å². The summed E-state index contributed by atoms with van der Waals surface area (Å²) in [5.41, 5.74) is 2.98. The molecule has 0 saturated heterocycles. The van der Waals surface area contributed by atoms with Crippen LogP contribution in [0.5, 0.6) is 0 Å². The van der Waals surface area contributed by atoms with E-state index in [4.69, 9.17) is 0 Å². The number of hydrogen-bond acceptors (Lipinski definition) is 5. The van der Waals surface area contributed by atoms with Crippen LogP contribution in [0.15, 0.2) is 83.8 Å². The summed E-state index contributed by atoms with van der Waals surface area (Å²) in [5.74, 6) is -2.89. The van der Waals surface area contributed by atoms with E-state index in [2.05, 4.69) is 15.4 Å². The number of amides is 2. The molecule has 2 atom stereocenters. The Morgan fingerprint density at radius 2 is 1.43 bits per heavy atom. The molecule has 0 aliphatic rings. The molecular formula is C32H39N3O6S. The normalized spacial score (nSPS) is 13.1. The van der Waals surface area contributed by atoms with Gasteiger partial charge in [-0.1, -0.05) is 75.4 Å². The van der Waals surface area contributed by atoms with Crippen molar-refractivity contribution >= 4 is 33.5 Å². The van der Waals surface area contributed by atoms with Crippen LogP contribution in [0.1, 0.15) is 45.6 Å². The van der Waals surface area contributed by atoms with E-state index in [1.807, 2.05) is 54.6 Å². The van der Waals surface area contributed by atoms with Crippen LogP contribution in [-0.4, -0.2) is 44.4 Å². The van der Waals surface area contributed by atoms with Gasteiger partial charge in [-0.3, -0.25) is 14.4 Å². The topological polar surface area (TPSA) is 142 Å². The number of carbonyl (C=O) groups excluding carboxylic acids is 2. The summed E-state index contributed by atoms with van der Waals surface area (Å²) in [6.07, 6.45) is 1.28. The first-order chi connectivity index (χ1) is 19.8. The minimum Gasteiger partial charge on any atom is -0.481 e. The molecule has 10 heteroatoms. The smallest absolute Gasteiger partial charge is 0.304 e. The summed E-state index contributed by atoms with van der Waals surface area (Å²) < 4.78 is 26.2. The van der Waals surface area contributed by atoms with E-state index in [9.17, 15) is 27.9 Å². The number of rotatable bonds is 13. The largest absolute Gasteiger partial charge is 0.481 e. The van der Waals surface area contributed by atoms with Crippen molar-refractivity contribution in [3.63, 3.8) is 0 Å². The lowest BCUT2D eigenvalue weighted by Crippen LogP contribution is -2.53. The number of hydrogen-bond donors (Lipinski definition) is 4. The Bertz CT molecular complexity index is 1470. The van der Waals surface area contributed by atoms with E-state index in [1.165, 1.54) is 31.3 Å². The van der Waals surface area contributed by atoms with E-state index in [-0.39, 0.29) is 11.3 Å². The second kappa shape index (κ2) is 14.2. The number of sulfonamides is 1. The lowest BCUT2D eigenvalue weighted by atomic mass is 9.85. The van der Waals surface area contributed by atoms with Gasteiger partial charge in [0.15, 0.2) is 0 Å². The second-order valence-electron chi connectivity index (χ2n) is 11.3. The minimum absolute atomic E-state index is 0.0484. The molecule has 42 heavy (non-hydrogen) atoms. The Morgan fingerprint density at radius 3 is 1.98 bits per heavy atom. The number of aliphatic carboxylic acids is 1. The fraction of sp³-hybridized carbons (Fsp3) is 0.344. The van der Waals surface area contributed by atoms with E-state index < -0.39 is 45.2 Å². The minimum atomic E-state index is -3.63. The van der Waals surface area contributed by atoms with E-state index in [1.54, 1.807) is 20.8 Å². The van der Waals surface area contributed by atoms with Crippen LogP contribution < -0.4 is 15.4 Å². The molecule has 0 heterocycles. The Hall–Kier alpha value is -4.02. The van der Waals surface area contributed by atoms with Crippen LogP contribution in [0.2, 0.25) is 0 Å². The predicted octanol–water partition coefficient (Wildman–Crippen LogP) is 4.84. The third kappa shape index (κ3) is 9.25. The zero-order chi connectivity index (χ0) is 30.9. The Morgan fingerprint density at radius 1 is 0.833 bits per heavy atom. The summed E-state index contributed by atoms with van der Waals surface area (Å²) >= 11 is 0. The molecule has 3 aromatic rings. The zero-order valence-electron chi connectivity index (χ0n) is 24.4. The predicted molar refractivity (Wildman–Crippen MR) is 163 cm³/mol. The van der Waals surface area contributed by atoms with Gasteiger partial charge < -0.3 is 15.7 Å².